The molecule has 0 aliphatic rings. The molecule has 0 fully saturated rings. The normalized spacial score (nSPS) is 10.6. The van der Waals surface area contributed by atoms with E-state index in [1.807, 2.05) is 0 Å². The lowest BCUT2D eigenvalue weighted by Crippen LogP contribution is -2.16. The Kier molecular flexibility index (Phi) is 5.59. The first-order valence-corrected chi connectivity index (χ1v) is 7.92. The zero-order chi connectivity index (χ0) is 17.7. The molecule has 6 nitrogen and oxygen atoms in total. The largest absolute Gasteiger partial charge is 0.497 e. The van der Waals surface area contributed by atoms with Crippen LogP contribution in [0.5, 0.6) is 11.5 Å². The number of hydrogen-bond acceptors (Lipinski definition) is 5. The Balaban J connectivity index is 2.15. The van der Waals surface area contributed by atoms with Crippen LogP contribution >= 0.6 is 11.3 Å². The van der Waals surface area contributed by atoms with Crippen LogP contribution in [0.1, 0.15) is 21.5 Å². The van der Waals surface area contributed by atoms with Gasteiger partial charge in [-0.3, -0.25) is 9.59 Å². The van der Waals surface area contributed by atoms with Gasteiger partial charge in [0.2, 0.25) is 5.91 Å². The molecule has 0 unspecified atom stereocenters. The van der Waals surface area contributed by atoms with Crippen molar-refractivity contribution in [1.82, 2.24) is 0 Å². The van der Waals surface area contributed by atoms with Crippen LogP contribution in [0.25, 0.3) is 6.08 Å². The number of rotatable bonds is 6. The highest BCUT2D eigenvalue weighted by Gasteiger charge is 2.15. The van der Waals surface area contributed by atoms with Crippen LogP contribution in [0.4, 0.5) is 5.00 Å². The lowest BCUT2D eigenvalue weighted by Gasteiger charge is -2.06. The standard InChI is InChI=1S/C17H18N2O4S/c1-10-9-24-17(15(10)16(18)21)19-14(20)5-4-11-6-12(22-2)8-13(7-11)23-3/h4-9H,1-3H3,(H2,18,21)(H,19,20). The molecule has 0 spiro atoms. The predicted octanol–water partition coefficient (Wildman–Crippen LogP) is 2.82. The number of amides is 2. The summed E-state index contributed by atoms with van der Waals surface area (Å²) in [6.07, 6.45) is 3.00. The zero-order valence-electron chi connectivity index (χ0n) is 13.6. The monoisotopic (exact) mass is 346 g/mol. The molecule has 0 saturated heterocycles. The minimum atomic E-state index is -0.564. The highest BCUT2D eigenvalue weighted by Crippen LogP contribution is 2.27. The van der Waals surface area contributed by atoms with Crippen LogP contribution in [0.2, 0.25) is 0 Å². The lowest BCUT2D eigenvalue weighted by atomic mass is 10.2. The Bertz CT molecular complexity index is 774. The van der Waals surface area contributed by atoms with Gasteiger partial charge in [0.25, 0.3) is 5.91 Å². The van der Waals surface area contributed by atoms with E-state index in [4.69, 9.17) is 15.2 Å². The van der Waals surface area contributed by atoms with E-state index in [0.29, 0.717) is 22.1 Å². The molecular weight excluding hydrogens is 328 g/mol. The molecule has 0 bridgehead atoms. The Morgan fingerprint density at radius 2 is 1.79 bits per heavy atom. The van der Waals surface area contributed by atoms with Crippen molar-refractivity contribution in [3.05, 3.63) is 46.3 Å². The lowest BCUT2D eigenvalue weighted by molar-refractivity contribution is -0.111. The molecule has 7 heteroatoms. The van der Waals surface area contributed by atoms with Crippen molar-refractivity contribution in [1.29, 1.82) is 0 Å². The Morgan fingerprint density at radius 1 is 1.17 bits per heavy atom. The van der Waals surface area contributed by atoms with E-state index in [-0.39, 0.29) is 5.91 Å². The molecular formula is C17H18N2O4S. The molecule has 0 aliphatic carbocycles. The van der Waals surface area contributed by atoms with Gasteiger partial charge in [0, 0.05) is 12.1 Å². The third-order valence-corrected chi connectivity index (χ3v) is 4.27. The number of nitrogens with one attached hydrogen (secondary N) is 1. The second-order valence-corrected chi connectivity index (χ2v) is 5.84. The van der Waals surface area contributed by atoms with E-state index >= 15 is 0 Å². The van der Waals surface area contributed by atoms with Crippen molar-refractivity contribution in [2.24, 2.45) is 5.73 Å². The molecule has 2 rings (SSSR count). The van der Waals surface area contributed by atoms with Crippen LogP contribution < -0.4 is 20.5 Å². The first kappa shape index (κ1) is 17.6. The van der Waals surface area contributed by atoms with Gasteiger partial charge in [-0.15, -0.1) is 11.3 Å². The van der Waals surface area contributed by atoms with E-state index in [0.717, 1.165) is 11.1 Å². The minimum absolute atomic E-state index is 0.338. The fourth-order valence-electron chi connectivity index (χ4n) is 2.09. The number of aryl methyl sites for hydroxylation is 1. The first-order valence-electron chi connectivity index (χ1n) is 7.04. The van der Waals surface area contributed by atoms with E-state index in [1.54, 1.807) is 50.8 Å². The number of ether oxygens (including phenoxy) is 2. The Hall–Kier alpha value is -2.80. The average Bonchev–Trinajstić information content (AvgIpc) is 2.93. The van der Waals surface area contributed by atoms with Crippen LogP contribution in [-0.4, -0.2) is 26.0 Å². The van der Waals surface area contributed by atoms with Crippen LogP contribution in [0, 0.1) is 6.92 Å². The summed E-state index contributed by atoms with van der Waals surface area (Å²) in [5, 5.41) is 4.88. The van der Waals surface area contributed by atoms with E-state index in [1.165, 1.54) is 17.4 Å². The van der Waals surface area contributed by atoms with Crippen molar-refractivity contribution in [2.45, 2.75) is 6.92 Å². The molecule has 0 atom stereocenters. The fraction of sp³-hybridized carbons (Fsp3) is 0.176. The summed E-state index contributed by atoms with van der Waals surface area (Å²) in [5.74, 6) is 0.324. The number of anilines is 1. The average molecular weight is 346 g/mol. The van der Waals surface area contributed by atoms with Crippen molar-refractivity contribution < 1.29 is 19.1 Å². The summed E-state index contributed by atoms with van der Waals surface area (Å²) in [5.41, 5.74) is 7.16. The molecule has 1 aromatic heterocycles. The Morgan fingerprint density at radius 3 is 2.33 bits per heavy atom. The van der Waals surface area contributed by atoms with Gasteiger partial charge in [-0.05, 0) is 41.6 Å². The second kappa shape index (κ2) is 7.65. The maximum Gasteiger partial charge on any atom is 0.251 e. The first-order chi connectivity index (χ1) is 11.4. The van der Waals surface area contributed by atoms with Gasteiger partial charge in [-0.2, -0.15) is 0 Å². The summed E-state index contributed by atoms with van der Waals surface area (Å²) in [6, 6.07) is 5.29. The summed E-state index contributed by atoms with van der Waals surface area (Å²) in [6.45, 7) is 1.77. The molecule has 24 heavy (non-hydrogen) atoms. The summed E-state index contributed by atoms with van der Waals surface area (Å²) < 4.78 is 10.4. The second-order valence-electron chi connectivity index (χ2n) is 4.96. The number of nitrogens with two attached hydrogens (primary N) is 1. The van der Waals surface area contributed by atoms with E-state index < -0.39 is 5.91 Å². The number of thiophene rings is 1. The van der Waals surface area contributed by atoms with Crippen molar-refractivity contribution in [2.75, 3.05) is 19.5 Å². The SMILES string of the molecule is COc1cc(C=CC(=O)Nc2scc(C)c2C(N)=O)cc(OC)c1. The number of carbonyl (C=O) groups excluding carboxylic acids is 2. The van der Waals surface area contributed by atoms with E-state index in [9.17, 15) is 9.59 Å². The molecule has 0 radical (unpaired) electrons. The van der Waals surface area contributed by atoms with Crippen LogP contribution in [-0.2, 0) is 4.79 Å². The third kappa shape index (κ3) is 4.14. The van der Waals surface area contributed by atoms with Gasteiger partial charge < -0.3 is 20.5 Å². The van der Waals surface area contributed by atoms with Gasteiger partial charge in [-0.1, -0.05) is 0 Å². The maximum absolute atomic E-state index is 12.1. The molecule has 2 aromatic rings. The number of carbonyl (C=O) groups is 2. The predicted molar refractivity (Wildman–Crippen MR) is 94.8 cm³/mol. The summed E-state index contributed by atoms with van der Waals surface area (Å²) in [4.78, 5) is 23.5. The van der Waals surface area contributed by atoms with Gasteiger partial charge >= 0.3 is 0 Å². The highest BCUT2D eigenvalue weighted by molar-refractivity contribution is 7.15. The van der Waals surface area contributed by atoms with E-state index in [2.05, 4.69) is 5.32 Å². The van der Waals surface area contributed by atoms with Gasteiger partial charge in [0.15, 0.2) is 0 Å². The van der Waals surface area contributed by atoms with Crippen molar-refractivity contribution in [3.63, 3.8) is 0 Å². The van der Waals surface area contributed by atoms with Gasteiger partial charge in [-0.25, -0.2) is 0 Å². The van der Waals surface area contributed by atoms with Crippen molar-refractivity contribution >= 4 is 34.2 Å². The maximum atomic E-state index is 12.1. The zero-order valence-corrected chi connectivity index (χ0v) is 14.4. The number of hydrogen-bond donors (Lipinski definition) is 2. The van der Waals surface area contributed by atoms with Gasteiger partial charge in [0.1, 0.15) is 16.5 Å². The van der Waals surface area contributed by atoms with Crippen molar-refractivity contribution in [3.8, 4) is 11.5 Å². The molecule has 0 saturated carbocycles. The van der Waals surface area contributed by atoms with Crippen LogP contribution in [0.3, 0.4) is 0 Å². The third-order valence-electron chi connectivity index (χ3n) is 3.26. The summed E-state index contributed by atoms with van der Waals surface area (Å²) >= 11 is 1.26. The molecule has 3 N–H and O–H groups in total. The molecule has 2 amide bonds. The molecule has 1 heterocycles. The number of primary amides is 1. The van der Waals surface area contributed by atoms with Crippen LogP contribution in [0.15, 0.2) is 29.7 Å². The smallest absolute Gasteiger partial charge is 0.251 e. The Labute approximate surface area is 143 Å². The molecule has 0 aliphatic heterocycles. The minimum Gasteiger partial charge on any atom is -0.497 e. The number of benzene rings is 1. The topological polar surface area (TPSA) is 90.6 Å². The fourth-order valence-corrected chi connectivity index (χ4v) is 3.05. The van der Waals surface area contributed by atoms with Gasteiger partial charge in [0.05, 0.1) is 19.8 Å². The molecule has 1 aromatic carbocycles. The molecule has 126 valence electrons. The number of methoxy groups -OCH3 is 2. The summed E-state index contributed by atoms with van der Waals surface area (Å²) in [7, 11) is 3.11. The highest BCUT2D eigenvalue weighted by atomic mass is 32.1. The quantitative estimate of drug-likeness (QED) is 0.787.